The summed E-state index contributed by atoms with van der Waals surface area (Å²) in [4.78, 5) is 38.2. The molecule has 0 aromatic carbocycles. The monoisotopic (exact) mass is 997 g/mol. The maximum atomic E-state index is 12.9. The summed E-state index contributed by atoms with van der Waals surface area (Å²) in [7, 11) is 0. The Hall–Kier alpha value is -2.37. The Morgan fingerprint density at radius 3 is 0.789 bits per heavy atom. The smallest absolute Gasteiger partial charge is 0.306 e. The SMILES string of the molecule is CCCCCCC/C=C\C/C=C\CCCCCCCCCCCCCC(=O)OCC(COC(=O)CCCCCCCCCCCCCC)OC(=O)CCCCCCCCC/C=C\CCCCCCCCC. The van der Waals surface area contributed by atoms with E-state index in [9.17, 15) is 14.4 Å². The van der Waals surface area contributed by atoms with Gasteiger partial charge in [0.05, 0.1) is 0 Å². The van der Waals surface area contributed by atoms with E-state index in [0.29, 0.717) is 19.3 Å². The molecule has 1 unspecified atom stereocenters. The molecule has 0 aliphatic carbocycles. The number of ether oxygens (including phenoxy) is 3. The van der Waals surface area contributed by atoms with Crippen molar-refractivity contribution in [1.82, 2.24) is 0 Å². The Labute approximate surface area is 442 Å². The van der Waals surface area contributed by atoms with Gasteiger partial charge in [-0.05, 0) is 77.0 Å². The molecule has 0 saturated heterocycles. The largest absolute Gasteiger partial charge is 0.462 e. The van der Waals surface area contributed by atoms with Gasteiger partial charge in [-0.15, -0.1) is 0 Å². The molecule has 0 saturated carbocycles. The van der Waals surface area contributed by atoms with Crippen LogP contribution in [0.1, 0.15) is 342 Å². The van der Waals surface area contributed by atoms with Gasteiger partial charge in [0.15, 0.2) is 6.10 Å². The number of allylic oxidation sites excluding steroid dienone is 6. The quantitative estimate of drug-likeness (QED) is 0.0261. The first-order valence-electron chi connectivity index (χ1n) is 31.5. The molecule has 6 nitrogen and oxygen atoms in total. The summed E-state index contributed by atoms with van der Waals surface area (Å²) < 4.78 is 16.9. The number of carbonyl (C=O) groups excluding carboxylic acids is 3. The van der Waals surface area contributed by atoms with Crippen LogP contribution in [0.4, 0.5) is 0 Å². The van der Waals surface area contributed by atoms with E-state index in [1.165, 1.54) is 238 Å². The molecule has 71 heavy (non-hydrogen) atoms. The minimum Gasteiger partial charge on any atom is -0.462 e. The molecular formula is C65H120O6. The average molecular weight is 998 g/mol. The van der Waals surface area contributed by atoms with E-state index in [4.69, 9.17) is 14.2 Å². The van der Waals surface area contributed by atoms with Crippen LogP contribution in [-0.4, -0.2) is 37.2 Å². The van der Waals surface area contributed by atoms with Crippen LogP contribution in [0.5, 0.6) is 0 Å². The third-order valence-corrected chi connectivity index (χ3v) is 14.1. The first kappa shape index (κ1) is 68.6. The average Bonchev–Trinajstić information content (AvgIpc) is 3.37. The lowest BCUT2D eigenvalue weighted by Crippen LogP contribution is -2.30. The zero-order valence-corrected chi connectivity index (χ0v) is 47.8. The van der Waals surface area contributed by atoms with Crippen molar-refractivity contribution in [3.63, 3.8) is 0 Å². The van der Waals surface area contributed by atoms with Crippen molar-refractivity contribution in [2.75, 3.05) is 13.2 Å². The molecule has 0 spiro atoms. The van der Waals surface area contributed by atoms with E-state index in [0.717, 1.165) is 64.2 Å². The number of rotatable bonds is 58. The van der Waals surface area contributed by atoms with Gasteiger partial charge in [-0.2, -0.15) is 0 Å². The molecule has 0 aliphatic heterocycles. The third kappa shape index (κ3) is 58.4. The van der Waals surface area contributed by atoms with Crippen LogP contribution < -0.4 is 0 Å². The molecule has 416 valence electrons. The fraction of sp³-hybridized carbons (Fsp3) is 0.862. The summed E-state index contributed by atoms with van der Waals surface area (Å²) in [6, 6.07) is 0. The van der Waals surface area contributed by atoms with Gasteiger partial charge in [-0.25, -0.2) is 0 Å². The number of hydrogen-bond donors (Lipinski definition) is 0. The van der Waals surface area contributed by atoms with Crippen molar-refractivity contribution in [2.24, 2.45) is 0 Å². The first-order chi connectivity index (χ1) is 35.0. The highest BCUT2D eigenvalue weighted by Gasteiger charge is 2.19. The van der Waals surface area contributed by atoms with E-state index in [1.807, 2.05) is 0 Å². The van der Waals surface area contributed by atoms with Crippen molar-refractivity contribution < 1.29 is 28.6 Å². The molecule has 0 rings (SSSR count). The Morgan fingerprint density at radius 1 is 0.282 bits per heavy atom. The van der Waals surface area contributed by atoms with E-state index in [-0.39, 0.29) is 31.1 Å². The standard InChI is InChI=1S/C65H120O6/c1-4-7-10-13-16-19-22-25-27-29-31-32-33-34-35-37-38-40-43-46-49-52-55-58-64(67)70-61-62(60-69-63(66)57-54-51-48-45-42-24-21-18-15-12-9-6-3)71-65(68)59-56-53-50-47-44-41-39-36-30-28-26-23-20-17-14-11-8-5-2/h22,25,28-31,62H,4-21,23-24,26-27,32-61H2,1-3H3/b25-22-,30-28-,31-29-. The number of hydrogen-bond acceptors (Lipinski definition) is 6. The predicted molar refractivity (Wildman–Crippen MR) is 307 cm³/mol. The molecule has 0 fully saturated rings. The minimum atomic E-state index is -0.772. The van der Waals surface area contributed by atoms with E-state index >= 15 is 0 Å². The van der Waals surface area contributed by atoms with Crippen LogP contribution in [0, 0.1) is 0 Å². The zero-order chi connectivity index (χ0) is 51.4. The summed E-state index contributed by atoms with van der Waals surface area (Å²) in [5.74, 6) is -0.856. The molecule has 0 aromatic heterocycles. The van der Waals surface area contributed by atoms with Gasteiger partial charge >= 0.3 is 17.9 Å². The van der Waals surface area contributed by atoms with E-state index in [1.54, 1.807) is 0 Å². The van der Waals surface area contributed by atoms with Gasteiger partial charge in [0.1, 0.15) is 13.2 Å². The highest BCUT2D eigenvalue weighted by atomic mass is 16.6. The summed E-state index contributed by atoms with van der Waals surface area (Å²) in [5, 5.41) is 0. The molecule has 0 heterocycles. The number of esters is 3. The maximum absolute atomic E-state index is 12.9. The van der Waals surface area contributed by atoms with Gasteiger partial charge < -0.3 is 14.2 Å². The normalized spacial score (nSPS) is 12.2. The number of unbranched alkanes of at least 4 members (excludes halogenated alkanes) is 41. The van der Waals surface area contributed by atoms with E-state index < -0.39 is 6.10 Å². The van der Waals surface area contributed by atoms with Crippen LogP contribution in [0.2, 0.25) is 0 Å². The highest BCUT2D eigenvalue weighted by Crippen LogP contribution is 2.17. The second-order valence-electron chi connectivity index (χ2n) is 21.3. The Kier molecular flexibility index (Phi) is 58.2. The lowest BCUT2D eigenvalue weighted by Gasteiger charge is -2.18. The van der Waals surface area contributed by atoms with Crippen LogP contribution in [-0.2, 0) is 28.6 Å². The number of carbonyl (C=O) groups is 3. The zero-order valence-electron chi connectivity index (χ0n) is 47.8. The summed E-state index contributed by atoms with van der Waals surface area (Å²) >= 11 is 0. The Bertz CT molecular complexity index is 1190. The lowest BCUT2D eigenvalue weighted by molar-refractivity contribution is -0.167. The van der Waals surface area contributed by atoms with Gasteiger partial charge in [0, 0.05) is 19.3 Å². The fourth-order valence-electron chi connectivity index (χ4n) is 9.35. The van der Waals surface area contributed by atoms with Crippen LogP contribution >= 0.6 is 0 Å². The van der Waals surface area contributed by atoms with E-state index in [2.05, 4.69) is 57.2 Å². The topological polar surface area (TPSA) is 78.9 Å². The summed E-state index contributed by atoms with van der Waals surface area (Å²) in [6.07, 6.45) is 72.9. The van der Waals surface area contributed by atoms with Gasteiger partial charge in [0.2, 0.25) is 0 Å². The molecule has 1 atom stereocenters. The second-order valence-corrected chi connectivity index (χ2v) is 21.3. The molecule has 0 aliphatic rings. The molecule has 0 bridgehead atoms. The Balaban J connectivity index is 4.27. The third-order valence-electron chi connectivity index (χ3n) is 14.1. The van der Waals surface area contributed by atoms with Crippen LogP contribution in [0.15, 0.2) is 36.5 Å². The summed E-state index contributed by atoms with van der Waals surface area (Å²) in [5.41, 5.74) is 0. The highest BCUT2D eigenvalue weighted by molar-refractivity contribution is 5.71. The van der Waals surface area contributed by atoms with Crippen LogP contribution in [0.25, 0.3) is 0 Å². The van der Waals surface area contributed by atoms with Crippen molar-refractivity contribution in [1.29, 1.82) is 0 Å². The van der Waals surface area contributed by atoms with Crippen molar-refractivity contribution in [3.05, 3.63) is 36.5 Å². The maximum Gasteiger partial charge on any atom is 0.306 e. The predicted octanol–water partition coefficient (Wildman–Crippen LogP) is 21.2. The molecule has 0 radical (unpaired) electrons. The summed E-state index contributed by atoms with van der Waals surface area (Å²) in [6.45, 7) is 6.67. The van der Waals surface area contributed by atoms with Gasteiger partial charge in [-0.1, -0.05) is 282 Å². The molecule has 6 heteroatoms. The van der Waals surface area contributed by atoms with Crippen molar-refractivity contribution in [3.8, 4) is 0 Å². The van der Waals surface area contributed by atoms with Gasteiger partial charge in [0.25, 0.3) is 0 Å². The van der Waals surface area contributed by atoms with Crippen molar-refractivity contribution >= 4 is 17.9 Å². The molecular weight excluding hydrogens is 877 g/mol. The molecule has 0 N–H and O–H groups in total. The molecule has 0 amide bonds. The van der Waals surface area contributed by atoms with Crippen molar-refractivity contribution in [2.45, 2.75) is 348 Å². The van der Waals surface area contributed by atoms with Crippen LogP contribution in [0.3, 0.4) is 0 Å². The van der Waals surface area contributed by atoms with Gasteiger partial charge in [-0.3, -0.25) is 14.4 Å². The Morgan fingerprint density at radius 2 is 0.507 bits per heavy atom. The lowest BCUT2D eigenvalue weighted by atomic mass is 10.0. The fourth-order valence-corrected chi connectivity index (χ4v) is 9.35. The second kappa shape index (κ2) is 60.2. The minimum absolute atomic E-state index is 0.0702. The molecule has 0 aromatic rings. The first-order valence-corrected chi connectivity index (χ1v) is 31.5.